The second kappa shape index (κ2) is 5.00. The van der Waals surface area contributed by atoms with E-state index in [1.165, 1.54) is 18.2 Å². The van der Waals surface area contributed by atoms with Gasteiger partial charge < -0.3 is 4.74 Å². The van der Waals surface area contributed by atoms with E-state index in [2.05, 4.69) is 6.07 Å². The van der Waals surface area contributed by atoms with Crippen molar-refractivity contribution in [2.75, 3.05) is 6.61 Å². The van der Waals surface area contributed by atoms with Crippen LogP contribution in [0.1, 0.15) is 19.3 Å². The van der Waals surface area contributed by atoms with Gasteiger partial charge in [-0.3, -0.25) is 0 Å². The highest BCUT2D eigenvalue weighted by atomic mass is 35.5. The van der Waals surface area contributed by atoms with Crippen LogP contribution >= 0.6 is 11.6 Å². The van der Waals surface area contributed by atoms with Gasteiger partial charge in [-0.1, -0.05) is 11.6 Å². The van der Waals surface area contributed by atoms with Crippen LogP contribution in [0.15, 0.2) is 23.1 Å². The molecule has 1 aliphatic rings. The van der Waals surface area contributed by atoms with E-state index in [4.69, 9.17) is 26.7 Å². The molecule has 2 N–H and O–H groups in total. The SMILES string of the molecule is N#CCC1(COc2ccc(Cl)cc2S(N)(=O)=O)CC1. The summed E-state index contributed by atoms with van der Waals surface area (Å²) in [5, 5.41) is 14.1. The average molecular weight is 301 g/mol. The lowest BCUT2D eigenvalue weighted by Crippen LogP contribution is -2.17. The van der Waals surface area contributed by atoms with Gasteiger partial charge in [0.15, 0.2) is 0 Å². The van der Waals surface area contributed by atoms with Crippen LogP contribution in [0.2, 0.25) is 5.02 Å². The lowest BCUT2D eigenvalue weighted by Gasteiger charge is -2.15. The Hall–Kier alpha value is -1.29. The van der Waals surface area contributed by atoms with E-state index < -0.39 is 10.0 Å². The van der Waals surface area contributed by atoms with Crippen LogP contribution in [0.4, 0.5) is 0 Å². The third kappa shape index (κ3) is 3.38. The number of nitrogens with two attached hydrogens (primary N) is 1. The summed E-state index contributed by atoms with van der Waals surface area (Å²) in [6.45, 7) is 0.310. The molecule has 0 aliphatic heterocycles. The molecular weight excluding hydrogens is 288 g/mol. The normalized spacial score (nSPS) is 16.7. The van der Waals surface area contributed by atoms with E-state index >= 15 is 0 Å². The molecular formula is C12H13ClN2O3S. The quantitative estimate of drug-likeness (QED) is 0.900. The van der Waals surface area contributed by atoms with Gasteiger partial charge in [-0.05, 0) is 31.0 Å². The van der Waals surface area contributed by atoms with Gasteiger partial charge >= 0.3 is 0 Å². The topological polar surface area (TPSA) is 93.2 Å². The summed E-state index contributed by atoms with van der Waals surface area (Å²) < 4.78 is 28.4. The van der Waals surface area contributed by atoms with Gasteiger partial charge in [0.05, 0.1) is 12.7 Å². The molecule has 2 rings (SSSR count). The number of rotatable bonds is 5. The number of nitriles is 1. The number of halogens is 1. The van der Waals surface area contributed by atoms with Crippen molar-refractivity contribution in [2.24, 2.45) is 10.6 Å². The monoisotopic (exact) mass is 300 g/mol. The van der Waals surface area contributed by atoms with Crippen molar-refractivity contribution in [3.8, 4) is 11.8 Å². The molecule has 0 spiro atoms. The molecule has 0 radical (unpaired) electrons. The Bertz CT molecular complexity index is 633. The maximum absolute atomic E-state index is 11.5. The second-order valence-electron chi connectivity index (χ2n) is 4.76. The van der Waals surface area contributed by atoms with Gasteiger partial charge in [0.25, 0.3) is 0 Å². The molecule has 1 fully saturated rings. The summed E-state index contributed by atoms with van der Waals surface area (Å²) in [5.41, 5.74) is -0.135. The molecule has 19 heavy (non-hydrogen) atoms. The molecule has 0 bridgehead atoms. The van der Waals surface area contributed by atoms with E-state index in [1.54, 1.807) is 0 Å². The van der Waals surface area contributed by atoms with Gasteiger partial charge in [-0.25, -0.2) is 13.6 Å². The Kier molecular flexibility index (Phi) is 3.72. The van der Waals surface area contributed by atoms with E-state index in [0.717, 1.165) is 12.8 Å². The van der Waals surface area contributed by atoms with Crippen molar-refractivity contribution in [2.45, 2.75) is 24.2 Å². The molecule has 1 aromatic carbocycles. The van der Waals surface area contributed by atoms with E-state index in [9.17, 15) is 8.42 Å². The van der Waals surface area contributed by atoms with Crippen molar-refractivity contribution in [3.05, 3.63) is 23.2 Å². The zero-order chi connectivity index (χ0) is 14.1. The van der Waals surface area contributed by atoms with E-state index in [1.807, 2.05) is 0 Å². The fourth-order valence-corrected chi connectivity index (χ4v) is 2.71. The first-order valence-electron chi connectivity index (χ1n) is 5.68. The number of benzene rings is 1. The Morgan fingerprint density at radius 3 is 2.68 bits per heavy atom. The molecule has 1 saturated carbocycles. The number of sulfonamides is 1. The lowest BCUT2D eigenvalue weighted by atomic mass is 10.1. The van der Waals surface area contributed by atoms with Crippen molar-refractivity contribution >= 4 is 21.6 Å². The van der Waals surface area contributed by atoms with Crippen LogP contribution in [-0.4, -0.2) is 15.0 Å². The van der Waals surface area contributed by atoms with Gasteiger partial charge in [-0.15, -0.1) is 0 Å². The highest BCUT2D eigenvalue weighted by Gasteiger charge is 2.43. The van der Waals surface area contributed by atoms with Gasteiger partial charge in [0.1, 0.15) is 10.6 Å². The van der Waals surface area contributed by atoms with Crippen LogP contribution in [0, 0.1) is 16.7 Å². The summed E-state index contributed by atoms with van der Waals surface area (Å²) >= 11 is 5.76. The third-order valence-electron chi connectivity index (χ3n) is 3.16. The maximum Gasteiger partial charge on any atom is 0.241 e. The molecule has 0 unspecified atom stereocenters. The largest absolute Gasteiger partial charge is 0.492 e. The summed E-state index contributed by atoms with van der Waals surface area (Å²) in [7, 11) is -3.89. The first-order chi connectivity index (χ1) is 8.86. The fraction of sp³-hybridized carbons (Fsp3) is 0.417. The van der Waals surface area contributed by atoms with E-state index in [0.29, 0.717) is 13.0 Å². The van der Waals surface area contributed by atoms with Crippen LogP contribution in [-0.2, 0) is 10.0 Å². The summed E-state index contributed by atoms with van der Waals surface area (Å²) in [5.74, 6) is 0.177. The Morgan fingerprint density at radius 2 is 2.16 bits per heavy atom. The fourth-order valence-electron chi connectivity index (χ4n) is 1.77. The minimum absolute atomic E-state index is 0.132. The predicted octanol–water partition coefficient (Wildman–Crippen LogP) is 2.06. The first-order valence-corrected chi connectivity index (χ1v) is 7.61. The molecule has 0 atom stereocenters. The van der Waals surface area contributed by atoms with Crippen molar-refractivity contribution in [1.82, 2.24) is 0 Å². The number of primary sulfonamides is 1. The van der Waals surface area contributed by atoms with Crippen LogP contribution in [0.25, 0.3) is 0 Å². The lowest BCUT2D eigenvalue weighted by molar-refractivity contribution is 0.231. The van der Waals surface area contributed by atoms with Gasteiger partial charge in [0, 0.05) is 16.9 Å². The summed E-state index contributed by atoms with van der Waals surface area (Å²) in [6, 6.07) is 6.39. The zero-order valence-corrected chi connectivity index (χ0v) is 11.7. The molecule has 0 saturated heterocycles. The average Bonchev–Trinajstić information content (AvgIpc) is 3.07. The van der Waals surface area contributed by atoms with Crippen molar-refractivity contribution < 1.29 is 13.2 Å². The minimum Gasteiger partial charge on any atom is -0.492 e. The van der Waals surface area contributed by atoms with Crippen molar-refractivity contribution in [3.63, 3.8) is 0 Å². The molecule has 0 heterocycles. The number of ether oxygens (including phenoxy) is 1. The van der Waals surface area contributed by atoms with Gasteiger partial charge in [-0.2, -0.15) is 5.26 Å². The summed E-state index contributed by atoms with van der Waals surface area (Å²) in [4.78, 5) is -0.132. The molecule has 1 aromatic rings. The van der Waals surface area contributed by atoms with Crippen molar-refractivity contribution in [1.29, 1.82) is 5.26 Å². The maximum atomic E-state index is 11.5. The standard InChI is InChI=1S/C12H13ClN2O3S/c13-9-1-2-10(11(7-9)19(15,16)17)18-8-12(3-4-12)5-6-14/h1-2,7H,3-5,8H2,(H2,15,16,17). The molecule has 7 heteroatoms. The molecule has 0 aromatic heterocycles. The third-order valence-corrected chi connectivity index (χ3v) is 4.32. The Morgan fingerprint density at radius 1 is 1.47 bits per heavy atom. The first kappa shape index (κ1) is 14.1. The molecule has 5 nitrogen and oxygen atoms in total. The summed E-state index contributed by atoms with van der Waals surface area (Å²) in [6.07, 6.45) is 2.24. The molecule has 1 aliphatic carbocycles. The van der Waals surface area contributed by atoms with Crippen LogP contribution < -0.4 is 9.88 Å². The van der Waals surface area contributed by atoms with Crippen LogP contribution in [0.3, 0.4) is 0 Å². The number of hydrogen-bond donors (Lipinski definition) is 1. The number of nitrogens with zero attached hydrogens (tertiary/aromatic N) is 1. The number of hydrogen-bond acceptors (Lipinski definition) is 4. The Labute approximate surface area is 117 Å². The van der Waals surface area contributed by atoms with E-state index in [-0.39, 0.29) is 21.1 Å². The smallest absolute Gasteiger partial charge is 0.241 e. The Balaban J connectivity index is 2.20. The van der Waals surface area contributed by atoms with Crippen LogP contribution in [0.5, 0.6) is 5.75 Å². The zero-order valence-electron chi connectivity index (χ0n) is 10.1. The predicted molar refractivity (Wildman–Crippen MR) is 70.2 cm³/mol. The second-order valence-corrected chi connectivity index (χ2v) is 6.73. The highest BCUT2D eigenvalue weighted by Crippen LogP contribution is 2.49. The minimum atomic E-state index is -3.89. The molecule has 0 amide bonds. The van der Waals surface area contributed by atoms with Gasteiger partial charge in [0.2, 0.25) is 10.0 Å². The highest BCUT2D eigenvalue weighted by molar-refractivity contribution is 7.89. The molecule has 102 valence electrons.